The van der Waals surface area contributed by atoms with Crippen LogP contribution in [-0.4, -0.2) is 5.24 Å². The predicted octanol–water partition coefficient (Wildman–Crippen LogP) is 4.16. The van der Waals surface area contributed by atoms with Gasteiger partial charge in [-0.15, -0.1) is 0 Å². The maximum atomic E-state index is 13.1. The van der Waals surface area contributed by atoms with Gasteiger partial charge in [0, 0.05) is 0 Å². The zero-order chi connectivity index (χ0) is 14.2. The number of carbonyl (C=O) groups excluding carboxylic acids is 1. The second-order valence-electron chi connectivity index (χ2n) is 2.85. The fourth-order valence-electron chi connectivity index (χ4n) is 1.09. The molecule has 0 amide bonds. The summed E-state index contributed by atoms with van der Waals surface area (Å²) in [5, 5.41) is -1.90. The summed E-state index contributed by atoms with van der Waals surface area (Å²) in [6.45, 7) is 0. The number of carbonyl (C=O) groups is 1. The molecule has 0 unspecified atom stereocenters. The van der Waals surface area contributed by atoms with Gasteiger partial charge in [-0.2, -0.15) is 8.78 Å². The monoisotopic (exact) mass is 292 g/mol. The summed E-state index contributed by atoms with van der Waals surface area (Å²) in [5.74, 6) is -12.5. The fraction of sp³-hybridized carbons (Fsp3) is 0. The minimum atomic E-state index is -3.18. The zero-order valence-electron chi connectivity index (χ0n) is 7.93. The fourth-order valence-corrected chi connectivity index (χ4v) is 1.26. The van der Waals surface area contributed by atoms with Gasteiger partial charge < -0.3 is 0 Å². The SMILES string of the molecule is O=C(Cl)c1c(F)c(F)c(C(F)=C(F)F)c(F)c1F. The van der Waals surface area contributed by atoms with Crippen LogP contribution in [0.15, 0.2) is 6.08 Å². The van der Waals surface area contributed by atoms with Gasteiger partial charge in [-0.05, 0) is 11.6 Å². The van der Waals surface area contributed by atoms with Crippen molar-refractivity contribution in [3.63, 3.8) is 0 Å². The van der Waals surface area contributed by atoms with Crippen LogP contribution in [0.3, 0.4) is 0 Å². The normalized spacial score (nSPS) is 10.4. The molecular formula is C9ClF7O. The van der Waals surface area contributed by atoms with Crippen LogP contribution in [-0.2, 0) is 0 Å². The lowest BCUT2D eigenvalue weighted by Crippen LogP contribution is -2.10. The van der Waals surface area contributed by atoms with Crippen molar-refractivity contribution in [2.75, 3.05) is 0 Å². The second-order valence-corrected chi connectivity index (χ2v) is 3.20. The van der Waals surface area contributed by atoms with Gasteiger partial charge in [0.1, 0.15) is 5.56 Å². The molecule has 18 heavy (non-hydrogen) atoms. The van der Waals surface area contributed by atoms with Gasteiger partial charge in [-0.1, -0.05) is 0 Å². The van der Waals surface area contributed by atoms with Crippen LogP contribution < -0.4 is 0 Å². The van der Waals surface area contributed by atoms with Crippen molar-refractivity contribution in [1.29, 1.82) is 0 Å². The van der Waals surface area contributed by atoms with Crippen LogP contribution in [0.5, 0.6) is 0 Å². The van der Waals surface area contributed by atoms with Crippen LogP contribution in [0.4, 0.5) is 30.7 Å². The molecule has 0 aromatic heterocycles. The molecule has 0 bridgehead atoms. The molecular weight excluding hydrogens is 293 g/mol. The molecule has 0 atom stereocenters. The lowest BCUT2D eigenvalue weighted by molar-refractivity contribution is 0.107. The standard InChI is InChI=1S/C9ClF7O/c10-8(18)2-5(13)3(11)1(4(12)6(2)14)7(15)9(16)17. The third kappa shape index (κ3) is 2.20. The minimum Gasteiger partial charge on any atom is -0.275 e. The summed E-state index contributed by atoms with van der Waals surface area (Å²) in [7, 11) is 0. The third-order valence-electron chi connectivity index (χ3n) is 1.85. The Morgan fingerprint density at radius 2 is 1.11 bits per heavy atom. The van der Waals surface area contributed by atoms with E-state index in [0.29, 0.717) is 0 Å². The summed E-state index contributed by atoms with van der Waals surface area (Å²) in [5.41, 5.74) is -4.07. The van der Waals surface area contributed by atoms with Gasteiger partial charge in [-0.25, -0.2) is 22.0 Å². The number of hydrogen-bond donors (Lipinski definition) is 0. The Morgan fingerprint density at radius 3 is 1.39 bits per heavy atom. The number of rotatable bonds is 2. The highest BCUT2D eigenvalue weighted by atomic mass is 35.5. The summed E-state index contributed by atoms with van der Waals surface area (Å²) in [6, 6.07) is 0. The Kier molecular flexibility index (Phi) is 4.00. The second kappa shape index (κ2) is 4.97. The first-order valence-corrected chi connectivity index (χ1v) is 4.34. The smallest absolute Gasteiger partial charge is 0.275 e. The van der Waals surface area contributed by atoms with E-state index in [2.05, 4.69) is 11.6 Å². The van der Waals surface area contributed by atoms with Crippen molar-refractivity contribution in [3.8, 4) is 0 Å². The maximum Gasteiger partial charge on any atom is 0.306 e. The number of benzene rings is 1. The van der Waals surface area contributed by atoms with Crippen molar-refractivity contribution in [2.24, 2.45) is 0 Å². The zero-order valence-corrected chi connectivity index (χ0v) is 8.69. The van der Waals surface area contributed by atoms with Crippen molar-refractivity contribution in [1.82, 2.24) is 0 Å². The molecule has 0 aliphatic heterocycles. The van der Waals surface area contributed by atoms with Crippen LogP contribution in [0, 0.1) is 23.3 Å². The van der Waals surface area contributed by atoms with E-state index in [1.807, 2.05) is 0 Å². The number of halogens is 8. The molecule has 0 N–H and O–H groups in total. The maximum absolute atomic E-state index is 13.1. The molecule has 1 aromatic carbocycles. The van der Waals surface area contributed by atoms with E-state index in [-0.39, 0.29) is 0 Å². The van der Waals surface area contributed by atoms with E-state index in [1.54, 1.807) is 0 Å². The summed E-state index contributed by atoms with van der Waals surface area (Å²) in [6.07, 6.45) is -3.18. The van der Waals surface area contributed by atoms with Gasteiger partial charge in [0.05, 0.1) is 5.56 Å². The van der Waals surface area contributed by atoms with E-state index in [9.17, 15) is 35.5 Å². The average molecular weight is 293 g/mol. The van der Waals surface area contributed by atoms with Crippen LogP contribution in [0.1, 0.15) is 15.9 Å². The quantitative estimate of drug-likeness (QED) is 0.454. The summed E-state index contributed by atoms with van der Waals surface area (Å²) in [4.78, 5) is 10.5. The van der Waals surface area contributed by atoms with Crippen molar-refractivity contribution in [3.05, 3.63) is 40.5 Å². The Balaban J connectivity index is 3.81. The third-order valence-corrected chi connectivity index (χ3v) is 2.03. The highest BCUT2D eigenvalue weighted by Gasteiger charge is 2.31. The van der Waals surface area contributed by atoms with E-state index in [1.165, 1.54) is 0 Å². The Labute approximate surface area is 99.5 Å². The molecule has 0 fully saturated rings. The molecule has 0 aliphatic rings. The van der Waals surface area contributed by atoms with Crippen LogP contribution in [0.25, 0.3) is 5.83 Å². The Bertz CT molecular complexity index is 534. The lowest BCUT2D eigenvalue weighted by Gasteiger charge is -2.07. The minimum absolute atomic E-state index is 1.83. The first-order valence-electron chi connectivity index (χ1n) is 3.97. The molecule has 9 heteroatoms. The molecule has 0 radical (unpaired) electrons. The van der Waals surface area contributed by atoms with E-state index in [0.717, 1.165) is 0 Å². The van der Waals surface area contributed by atoms with E-state index in [4.69, 9.17) is 0 Å². The van der Waals surface area contributed by atoms with Gasteiger partial charge >= 0.3 is 6.08 Å². The van der Waals surface area contributed by atoms with Gasteiger partial charge in [0.15, 0.2) is 23.3 Å². The van der Waals surface area contributed by atoms with E-state index < -0.39 is 51.5 Å². The van der Waals surface area contributed by atoms with Crippen LogP contribution in [0.2, 0.25) is 0 Å². The van der Waals surface area contributed by atoms with Crippen molar-refractivity contribution < 1.29 is 35.5 Å². The first-order chi connectivity index (χ1) is 8.20. The lowest BCUT2D eigenvalue weighted by atomic mass is 10.1. The topological polar surface area (TPSA) is 17.1 Å². The Morgan fingerprint density at radius 1 is 0.778 bits per heavy atom. The average Bonchev–Trinajstić information content (AvgIpc) is 2.26. The molecule has 1 rings (SSSR count). The molecule has 0 heterocycles. The largest absolute Gasteiger partial charge is 0.306 e. The van der Waals surface area contributed by atoms with E-state index >= 15 is 0 Å². The molecule has 0 spiro atoms. The molecule has 98 valence electrons. The van der Waals surface area contributed by atoms with Gasteiger partial charge in [0.2, 0.25) is 5.83 Å². The highest BCUT2D eigenvalue weighted by Crippen LogP contribution is 2.32. The predicted molar refractivity (Wildman–Crippen MR) is 46.7 cm³/mol. The molecule has 1 aromatic rings. The Hall–Kier alpha value is -1.57. The van der Waals surface area contributed by atoms with Crippen LogP contribution >= 0.6 is 11.6 Å². The first kappa shape index (κ1) is 14.5. The highest BCUT2D eigenvalue weighted by molar-refractivity contribution is 6.67. The number of hydrogen-bond acceptors (Lipinski definition) is 1. The van der Waals surface area contributed by atoms with Crippen molar-refractivity contribution >= 4 is 22.7 Å². The van der Waals surface area contributed by atoms with Gasteiger partial charge in [-0.3, -0.25) is 4.79 Å². The molecule has 1 nitrogen and oxygen atoms in total. The molecule has 0 saturated carbocycles. The molecule has 0 aliphatic carbocycles. The molecule has 0 saturated heterocycles. The van der Waals surface area contributed by atoms with Gasteiger partial charge in [0.25, 0.3) is 5.24 Å². The summed E-state index contributed by atoms with van der Waals surface area (Å²) < 4.78 is 88.6. The summed E-state index contributed by atoms with van der Waals surface area (Å²) >= 11 is 4.65. The van der Waals surface area contributed by atoms with Crippen molar-refractivity contribution in [2.45, 2.75) is 0 Å².